The molecule has 0 spiro atoms. The second-order valence-corrected chi connectivity index (χ2v) is 5.55. The van der Waals surface area contributed by atoms with Crippen molar-refractivity contribution >= 4 is 17.8 Å². The molecule has 2 N–H and O–H groups in total. The Morgan fingerprint density at radius 1 is 0.885 bits per heavy atom. The number of ether oxygens (including phenoxy) is 3. The Morgan fingerprint density at radius 2 is 1.50 bits per heavy atom. The van der Waals surface area contributed by atoms with Gasteiger partial charge in [0.25, 0.3) is 5.91 Å². The highest BCUT2D eigenvalue weighted by molar-refractivity contribution is 6.12. The standard InChI is InChI=1S/C20H21NO5/c1-12(9-13-5-7-18(26-4)16(10-13)20(21)23)19(22)15-11-14(24-2)6-8-17(15)25-3/h5-11H,1-4H3,(H2,21,23). The van der Waals surface area contributed by atoms with Crippen LogP contribution in [-0.2, 0) is 0 Å². The van der Waals surface area contributed by atoms with Gasteiger partial charge >= 0.3 is 0 Å². The Bertz CT molecular complexity index is 871. The molecule has 0 unspecified atom stereocenters. The average Bonchev–Trinajstić information content (AvgIpc) is 2.66. The minimum Gasteiger partial charge on any atom is -0.497 e. The van der Waals surface area contributed by atoms with Gasteiger partial charge in [0.05, 0.1) is 32.5 Å². The molecule has 0 saturated heterocycles. The molecule has 6 heteroatoms. The average molecular weight is 355 g/mol. The summed E-state index contributed by atoms with van der Waals surface area (Å²) in [7, 11) is 4.49. The minimum absolute atomic E-state index is 0.211. The first kappa shape index (κ1) is 19.1. The fraction of sp³-hybridized carbons (Fsp3) is 0.200. The van der Waals surface area contributed by atoms with E-state index < -0.39 is 5.91 Å². The number of hydrogen-bond acceptors (Lipinski definition) is 5. The summed E-state index contributed by atoms with van der Waals surface area (Å²) in [5, 5.41) is 0. The van der Waals surface area contributed by atoms with E-state index in [1.54, 1.807) is 49.4 Å². The van der Waals surface area contributed by atoms with Crippen LogP contribution in [0.5, 0.6) is 17.2 Å². The molecule has 136 valence electrons. The van der Waals surface area contributed by atoms with Crippen LogP contribution in [0.3, 0.4) is 0 Å². The number of hydrogen-bond donors (Lipinski definition) is 1. The number of ketones is 1. The van der Waals surface area contributed by atoms with Crippen LogP contribution in [-0.4, -0.2) is 33.0 Å². The van der Waals surface area contributed by atoms with E-state index in [0.717, 1.165) is 0 Å². The van der Waals surface area contributed by atoms with Crippen LogP contribution in [0.15, 0.2) is 42.0 Å². The van der Waals surface area contributed by atoms with E-state index in [1.807, 2.05) is 0 Å². The van der Waals surface area contributed by atoms with Crippen molar-refractivity contribution in [3.05, 3.63) is 58.7 Å². The third-order valence-electron chi connectivity index (χ3n) is 3.88. The summed E-state index contributed by atoms with van der Waals surface area (Å²) in [6.07, 6.45) is 1.67. The van der Waals surface area contributed by atoms with E-state index in [4.69, 9.17) is 19.9 Å². The number of methoxy groups -OCH3 is 3. The van der Waals surface area contributed by atoms with Gasteiger partial charge in [-0.15, -0.1) is 0 Å². The topological polar surface area (TPSA) is 87.8 Å². The van der Waals surface area contributed by atoms with Gasteiger partial charge in [-0.1, -0.05) is 6.07 Å². The van der Waals surface area contributed by atoms with Crippen LogP contribution < -0.4 is 19.9 Å². The number of nitrogens with two attached hydrogens (primary N) is 1. The fourth-order valence-electron chi connectivity index (χ4n) is 2.53. The van der Waals surface area contributed by atoms with Gasteiger partial charge in [-0.2, -0.15) is 0 Å². The van der Waals surface area contributed by atoms with Gasteiger partial charge in [0.2, 0.25) is 0 Å². The Hall–Kier alpha value is -3.28. The summed E-state index contributed by atoms with van der Waals surface area (Å²) in [6.45, 7) is 1.69. The van der Waals surface area contributed by atoms with E-state index >= 15 is 0 Å². The molecule has 0 radical (unpaired) electrons. The van der Waals surface area contributed by atoms with Gasteiger partial charge in [0.1, 0.15) is 17.2 Å². The summed E-state index contributed by atoms with van der Waals surface area (Å²) < 4.78 is 15.6. The molecule has 26 heavy (non-hydrogen) atoms. The smallest absolute Gasteiger partial charge is 0.252 e. The molecule has 0 heterocycles. The largest absolute Gasteiger partial charge is 0.497 e. The number of benzene rings is 2. The number of carbonyl (C=O) groups excluding carboxylic acids is 2. The van der Waals surface area contributed by atoms with E-state index in [2.05, 4.69) is 0 Å². The molecule has 0 saturated carbocycles. The zero-order chi connectivity index (χ0) is 19.3. The van der Waals surface area contributed by atoms with Crippen LogP contribution in [0.2, 0.25) is 0 Å². The molecule has 0 aliphatic rings. The number of allylic oxidation sites excluding steroid dienone is 1. The molecule has 0 aliphatic carbocycles. The molecule has 1 amide bonds. The first-order valence-electron chi connectivity index (χ1n) is 7.84. The Morgan fingerprint density at radius 3 is 2.08 bits per heavy atom. The Kier molecular flexibility index (Phi) is 6.01. The van der Waals surface area contributed by atoms with Gasteiger partial charge in [-0.3, -0.25) is 9.59 Å². The molecule has 0 fully saturated rings. The highest BCUT2D eigenvalue weighted by Gasteiger charge is 2.16. The molecule has 0 atom stereocenters. The van der Waals surface area contributed by atoms with Crippen molar-refractivity contribution in [1.29, 1.82) is 0 Å². The molecule has 0 aromatic heterocycles. The Balaban J connectivity index is 2.42. The maximum absolute atomic E-state index is 12.8. The lowest BCUT2D eigenvalue weighted by Crippen LogP contribution is -2.12. The zero-order valence-electron chi connectivity index (χ0n) is 15.2. The van der Waals surface area contributed by atoms with Crippen LogP contribution in [0.4, 0.5) is 0 Å². The van der Waals surface area contributed by atoms with Crippen molar-refractivity contribution in [3.8, 4) is 17.2 Å². The van der Waals surface area contributed by atoms with Gasteiger partial charge < -0.3 is 19.9 Å². The lowest BCUT2D eigenvalue weighted by Gasteiger charge is -2.10. The van der Waals surface area contributed by atoms with Crippen LogP contribution in [0.25, 0.3) is 6.08 Å². The second kappa shape index (κ2) is 8.20. The lowest BCUT2D eigenvalue weighted by molar-refractivity contribution is 0.0995. The fourth-order valence-corrected chi connectivity index (χ4v) is 2.53. The van der Waals surface area contributed by atoms with Crippen LogP contribution in [0, 0.1) is 0 Å². The van der Waals surface area contributed by atoms with Crippen molar-refractivity contribution in [2.45, 2.75) is 6.92 Å². The maximum atomic E-state index is 12.8. The first-order chi connectivity index (χ1) is 12.4. The number of Topliss-reactive ketones (excluding diaryl/α,β-unsaturated/α-hetero) is 1. The summed E-state index contributed by atoms with van der Waals surface area (Å²) in [4.78, 5) is 24.4. The minimum atomic E-state index is -0.601. The summed E-state index contributed by atoms with van der Waals surface area (Å²) in [5.41, 5.74) is 7.15. The Labute approximate surface area is 152 Å². The van der Waals surface area contributed by atoms with Crippen LogP contribution >= 0.6 is 0 Å². The predicted molar refractivity (Wildman–Crippen MR) is 99.0 cm³/mol. The molecular formula is C20H21NO5. The van der Waals surface area contributed by atoms with E-state index in [0.29, 0.717) is 33.9 Å². The van der Waals surface area contributed by atoms with Crippen molar-refractivity contribution < 1.29 is 23.8 Å². The molecule has 0 aliphatic heterocycles. The number of rotatable bonds is 7. The second-order valence-electron chi connectivity index (χ2n) is 5.55. The lowest BCUT2D eigenvalue weighted by atomic mass is 10.00. The normalized spacial score (nSPS) is 11.0. The van der Waals surface area contributed by atoms with Crippen LogP contribution in [0.1, 0.15) is 33.2 Å². The number of amides is 1. The molecule has 0 bridgehead atoms. The maximum Gasteiger partial charge on any atom is 0.252 e. The molecule has 2 aromatic carbocycles. The zero-order valence-corrected chi connectivity index (χ0v) is 15.2. The van der Waals surface area contributed by atoms with E-state index in [1.165, 1.54) is 21.3 Å². The van der Waals surface area contributed by atoms with Crippen molar-refractivity contribution in [3.63, 3.8) is 0 Å². The molecule has 6 nitrogen and oxygen atoms in total. The number of primary amides is 1. The SMILES string of the molecule is COc1ccc(OC)c(C(=O)C(C)=Cc2ccc(OC)c(C(N)=O)c2)c1. The van der Waals surface area contributed by atoms with E-state index in [9.17, 15) is 9.59 Å². The summed E-state index contributed by atoms with van der Waals surface area (Å²) in [6, 6.07) is 9.98. The third-order valence-corrected chi connectivity index (χ3v) is 3.88. The molecular weight excluding hydrogens is 334 g/mol. The third kappa shape index (κ3) is 4.03. The first-order valence-corrected chi connectivity index (χ1v) is 7.84. The monoisotopic (exact) mass is 355 g/mol. The quantitative estimate of drug-likeness (QED) is 0.609. The van der Waals surface area contributed by atoms with Gasteiger partial charge in [0, 0.05) is 0 Å². The van der Waals surface area contributed by atoms with E-state index in [-0.39, 0.29) is 11.3 Å². The predicted octanol–water partition coefficient (Wildman–Crippen LogP) is 3.10. The highest BCUT2D eigenvalue weighted by atomic mass is 16.5. The summed E-state index contributed by atoms with van der Waals surface area (Å²) in [5.74, 6) is 0.583. The van der Waals surface area contributed by atoms with Gasteiger partial charge in [-0.25, -0.2) is 0 Å². The molecule has 2 aromatic rings. The summed E-state index contributed by atoms with van der Waals surface area (Å²) >= 11 is 0. The van der Waals surface area contributed by atoms with Gasteiger partial charge in [0.15, 0.2) is 5.78 Å². The highest BCUT2D eigenvalue weighted by Crippen LogP contribution is 2.27. The van der Waals surface area contributed by atoms with Crippen molar-refractivity contribution in [2.75, 3.05) is 21.3 Å². The number of carbonyl (C=O) groups is 2. The van der Waals surface area contributed by atoms with Gasteiger partial charge in [-0.05, 0) is 54.5 Å². The van der Waals surface area contributed by atoms with Crippen molar-refractivity contribution in [2.24, 2.45) is 5.73 Å². The molecule has 2 rings (SSSR count). The van der Waals surface area contributed by atoms with Crippen molar-refractivity contribution in [1.82, 2.24) is 0 Å².